The Morgan fingerprint density at radius 1 is 1.18 bits per heavy atom. The van der Waals surface area contributed by atoms with E-state index >= 15 is 0 Å². The average molecular weight is 306 g/mol. The number of nitrogens with one attached hydrogen (secondary N) is 1. The lowest BCUT2D eigenvalue weighted by Gasteiger charge is -2.28. The van der Waals surface area contributed by atoms with Crippen molar-refractivity contribution in [1.82, 2.24) is 10.2 Å². The van der Waals surface area contributed by atoms with Gasteiger partial charge in [0.25, 0.3) is 0 Å². The smallest absolute Gasteiger partial charge is 0.407 e. The number of carbonyl (C=O) groups excluding carboxylic acids is 1. The summed E-state index contributed by atoms with van der Waals surface area (Å²) < 4.78 is 10.4. The molecule has 0 saturated carbocycles. The molecule has 1 amide bonds. The highest BCUT2D eigenvalue weighted by atomic mass is 16.5. The first kappa shape index (κ1) is 16.6. The SMILES string of the molecule is CCOC(=O)NCC(c1ccc(OCC)cc1)N1CCCC1. The molecule has 1 N–H and O–H groups in total. The minimum absolute atomic E-state index is 0.183. The minimum atomic E-state index is -0.349. The van der Waals surface area contributed by atoms with Gasteiger partial charge in [0, 0.05) is 6.54 Å². The van der Waals surface area contributed by atoms with Gasteiger partial charge >= 0.3 is 6.09 Å². The summed E-state index contributed by atoms with van der Waals surface area (Å²) in [6.45, 7) is 7.55. The number of hydrogen-bond donors (Lipinski definition) is 1. The highest BCUT2D eigenvalue weighted by molar-refractivity contribution is 5.67. The van der Waals surface area contributed by atoms with Crippen LogP contribution in [-0.2, 0) is 4.74 Å². The predicted octanol–water partition coefficient (Wildman–Crippen LogP) is 2.97. The van der Waals surface area contributed by atoms with Gasteiger partial charge in [0.15, 0.2) is 0 Å². The van der Waals surface area contributed by atoms with Gasteiger partial charge < -0.3 is 14.8 Å². The van der Waals surface area contributed by atoms with Gasteiger partial charge in [-0.2, -0.15) is 0 Å². The molecular weight excluding hydrogens is 280 g/mol. The van der Waals surface area contributed by atoms with Crippen molar-refractivity contribution in [3.8, 4) is 5.75 Å². The van der Waals surface area contributed by atoms with Crippen molar-refractivity contribution in [3.63, 3.8) is 0 Å². The highest BCUT2D eigenvalue weighted by Crippen LogP contribution is 2.26. The molecule has 1 saturated heterocycles. The maximum absolute atomic E-state index is 11.6. The van der Waals surface area contributed by atoms with Crippen molar-refractivity contribution in [1.29, 1.82) is 0 Å². The van der Waals surface area contributed by atoms with Crippen LogP contribution in [0, 0.1) is 0 Å². The van der Waals surface area contributed by atoms with Gasteiger partial charge in [-0.1, -0.05) is 12.1 Å². The molecular formula is C17H26N2O3. The van der Waals surface area contributed by atoms with Crippen LogP contribution in [0.3, 0.4) is 0 Å². The van der Waals surface area contributed by atoms with Gasteiger partial charge in [-0.05, 0) is 57.5 Å². The molecule has 22 heavy (non-hydrogen) atoms. The van der Waals surface area contributed by atoms with Crippen LogP contribution in [0.4, 0.5) is 4.79 Å². The molecule has 0 aliphatic carbocycles. The third kappa shape index (κ3) is 4.63. The monoisotopic (exact) mass is 306 g/mol. The fourth-order valence-corrected chi connectivity index (χ4v) is 2.83. The Morgan fingerprint density at radius 3 is 2.45 bits per heavy atom. The summed E-state index contributed by atoms with van der Waals surface area (Å²) in [5.74, 6) is 0.879. The molecule has 0 spiro atoms. The third-order valence-electron chi connectivity index (χ3n) is 3.87. The molecule has 5 nitrogen and oxygen atoms in total. The van der Waals surface area contributed by atoms with Gasteiger partial charge in [-0.15, -0.1) is 0 Å². The molecule has 1 aromatic carbocycles. The Kier molecular flexibility index (Phi) is 6.52. The zero-order chi connectivity index (χ0) is 15.8. The number of rotatable bonds is 7. The molecule has 2 rings (SSSR count). The fraction of sp³-hybridized carbons (Fsp3) is 0.588. The largest absolute Gasteiger partial charge is 0.494 e. The van der Waals surface area contributed by atoms with Crippen molar-refractivity contribution in [2.75, 3.05) is 32.8 Å². The summed E-state index contributed by atoms with van der Waals surface area (Å²) in [7, 11) is 0. The van der Waals surface area contributed by atoms with Crippen LogP contribution in [0.15, 0.2) is 24.3 Å². The Balaban J connectivity index is 2.04. The summed E-state index contributed by atoms with van der Waals surface area (Å²) >= 11 is 0. The summed E-state index contributed by atoms with van der Waals surface area (Å²) in [6.07, 6.45) is 2.08. The molecule has 122 valence electrons. The summed E-state index contributed by atoms with van der Waals surface area (Å²) in [5.41, 5.74) is 1.20. The van der Waals surface area contributed by atoms with E-state index in [1.807, 2.05) is 26.0 Å². The minimum Gasteiger partial charge on any atom is -0.494 e. The Hall–Kier alpha value is -1.75. The van der Waals surface area contributed by atoms with Crippen LogP contribution < -0.4 is 10.1 Å². The molecule has 1 aromatic rings. The van der Waals surface area contributed by atoms with E-state index in [9.17, 15) is 4.79 Å². The van der Waals surface area contributed by atoms with Crippen LogP contribution in [0.5, 0.6) is 5.75 Å². The first-order valence-corrected chi connectivity index (χ1v) is 8.12. The quantitative estimate of drug-likeness (QED) is 0.841. The number of ether oxygens (including phenoxy) is 2. The summed E-state index contributed by atoms with van der Waals surface area (Å²) in [5, 5.41) is 2.86. The molecule has 1 unspecified atom stereocenters. The van der Waals surface area contributed by atoms with Crippen molar-refractivity contribution >= 4 is 6.09 Å². The van der Waals surface area contributed by atoms with E-state index in [0.29, 0.717) is 19.8 Å². The first-order valence-electron chi connectivity index (χ1n) is 8.12. The van der Waals surface area contributed by atoms with Crippen molar-refractivity contribution in [2.24, 2.45) is 0 Å². The number of benzene rings is 1. The maximum atomic E-state index is 11.6. The normalized spacial score (nSPS) is 16.3. The molecule has 1 aliphatic heterocycles. The number of amides is 1. The van der Waals surface area contributed by atoms with E-state index < -0.39 is 0 Å². The number of alkyl carbamates (subject to hydrolysis) is 1. The molecule has 1 atom stereocenters. The molecule has 0 aromatic heterocycles. The Bertz CT molecular complexity index is 455. The van der Waals surface area contributed by atoms with Crippen LogP contribution in [-0.4, -0.2) is 43.8 Å². The number of likely N-dealkylation sites (tertiary alicyclic amines) is 1. The van der Waals surface area contributed by atoms with Gasteiger partial charge in [0.1, 0.15) is 5.75 Å². The van der Waals surface area contributed by atoms with Crippen molar-refractivity contribution in [3.05, 3.63) is 29.8 Å². The van der Waals surface area contributed by atoms with Crippen LogP contribution >= 0.6 is 0 Å². The molecule has 1 aliphatic rings. The van der Waals surface area contributed by atoms with Gasteiger partial charge in [-0.25, -0.2) is 4.79 Å². The average Bonchev–Trinajstić information content (AvgIpc) is 3.04. The van der Waals surface area contributed by atoms with Crippen molar-refractivity contribution in [2.45, 2.75) is 32.7 Å². The lowest BCUT2D eigenvalue weighted by molar-refractivity contribution is 0.146. The van der Waals surface area contributed by atoms with E-state index in [0.717, 1.165) is 18.8 Å². The number of carbonyl (C=O) groups is 1. The van der Waals surface area contributed by atoms with E-state index in [2.05, 4.69) is 22.3 Å². The summed E-state index contributed by atoms with van der Waals surface area (Å²) in [6, 6.07) is 8.34. The van der Waals surface area contributed by atoms with Crippen LogP contribution in [0.1, 0.15) is 38.3 Å². The van der Waals surface area contributed by atoms with Gasteiger partial charge in [0.05, 0.1) is 19.3 Å². The summed E-state index contributed by atoms with van der Waals surface area (Å²) in [4.78, 5) is 14.0. The van der Waals surface area contributed by atoms with Crippen LogP contribution in [0.2, 0.25) is 0 Å². The second kappa shape index (κ2) is 8.63. The van der Waals surface area contributed by atoms with E-state index in [1.165, 1.54) is 18.4 Å². The topological polar surface area (TPSA) is 50.8 Å². The standard InChI is InChI=1S/C17H26N2O3/c1-3-21-15-9-7-14(8-10-15)16(19-11-5-6-12-19)13-18-17(20)22-4-2/h7-10,16H,3-6,11-13H2,1-2H3,(H,18,20). The van der Waals surface area contributed by atoms with E-state index in [1.54, 1.807) is 0 Å². The first-order chi connectivity index (χ1) is 10.7. The number of hydrogen-bond acceptors (Lipinski definition) is 4. The fourth-order valence-electron chi connectivity index (χ4n) is 2.83. The molecule has 1 heterocycles. The zero-order valence-corrected chi connectivity index (χ0v) is 13.5. The van der Waals surface area contributed by atoms with E-state index in [-0.39, 0.29) is 12.1 Å². The third-order valence-corrected chi connectivity index (χ3v) is 3.87. The van der Waals surface area contributed by atoms with Crippen molar-refractivity contribution < 1.29 is 14.3 Å². The lowest BCUT2D eigenvalue weighted by atomic mass is 10.1. The van der Waals surface area contributed by atoms with Crippen LogP contribution in [0.25, 0.3) is 0 Å². The molecule has 0 radical (unpaired) electrons. The highest BCUT2D eigenvalue weighted by Gasteiger charge is 2.24. The molecule has 1 fully saturated rings. The maximum Gasteiger partial charge on any atom is 0.407 e. The van der Waals surface area contributed by atoms with Gasteiger partial charge in [0.2, 0.25) is 0 Å². The zero-order valence-electron chi connectivity index (χ0n) is 13.5. The van der Waals surface area contributed by atoms with E-state index in [4.69, 9.17) is 9.47 Å². The van der Waals surface area contributed by atoms with Gasteiger partial charge in [-0.3, -0.25) is 4.90 Å². The lowest BCUT2D eigenvalue weighted by Crippen LogP contribution is -2.37. The predicted molar refractivity (Wildman–Crippen MR) is 86.2 cm³/mol. The molecule has 5 heteroatoms. The number of nitrogens with zero attached hydrogens (tertiary/aromatic N) is 1. The second-order valence-electron chi connectivity index (χ2n) is 5.36. The Labute approximate surface area is 132 Å². The Morgan fingerprint density at radius 2 is 1.86 bits per heavy atom. The molecule has 0 bridgehead atoms. The second-order valence-corrected chi connectivity index (χ2v) is 5.36.